The van der Waals surface area contributed by atoms with Crippen molar-refractivity contribution in [2.75, 3.05) is 0 Å². The van der Waals surface area contributed by atoms with E-state index in [1.54, 1.807) is 25.4 Å². The molecule has 1 amide bonds. The Morgan fingerprint density at radius 1 is 1.23 bits per heavy atom. The summed E-state index contributed by atoms with van der Waals surface area (Å²) in [5.74, 6) is 0.917. The molecule has 7 nitrogen and oxygen atoms in total. The zero-order chi connectivity index (χ0) is 18.1. The lowest BCUT2D eigenvalue weighted by Gasteiger charge is -2.19. The van der Waals surface area contributed by atoms with Crippen LogP contribution in [0, 0.1) is 12.8 Å². The van der Waals surface area contributed by atoms with Crippen molar-refractivity contribution in [3.05, 3.63) is 59.4 Å². The molecule has 0 bridgehead atoms. The molecule has 1 atom stereocenters. The van der Waals surface area contributed by atoms with E-state index in [0.29, 0.717) is 17.3 Å². The molecular formula is C19H20N6O. The lowest BCUT2D eigenvalue weighted by molar-refractivity contribution is 0.0930. The number of nitrogens with zero attached hydrogens (tertiary/aromatic N) is 5. The Morgan fingerprint density at radius 3 is 2.62 bits per heavy atom. The van der Waals surface area contributed by atoms with E-state index in [0.717, 1.165) is 29.7 Å². The van der Waals surface area contributed by atoms with Gasteiger partial charge in [0.25, 0.3) is 5.91 Å². The van der Waals surface area contributed by atoms with Crippen molar-refractivity contribution in [1.82, 2.24) is 30.5 Å². The predicted molar refractivity (Wildman–Crippen MR) is 96.1 cm³/mol. The second-order valence-corrected chi connectivity index (χ2v) is 6.67. The van der Waals surface area contributed by atoms with E-state index in [2.05, 4.69) is 25.7 Å². The first-order valence-electron chi connectivity index (χ1n) is 8.68. The number of hydrogen-bond acceptors (Lipinski definition) is 5. The maximum Gasteiger partial charge on any atom is 0.251 e. The Kier molecular flexibility index (Phi) is 4.20. The van der Waals surface area contributed by atoms with E-state index in [4.69, 9.17) is 0 Å². The molecule has 1 unspecified atom stereocenters. The van der Waals surface area contributed by atoms with Crippen LogP contribution in [0.4, 0.5) is 0 Å². The van der Waals surface area contributed by atoms with Crippen molar-refractivity contribution < 1.29 is 4.79 Å². The van der Waals surface area contributed by atoms with Crippen LogP contribution in [-0.2, 0) is 7.05 Å². The number of aromatic nitrogens is 5. The van der Waals surface area contributed by atoms with Gasteiger partial charge in [-0.1, -0.05) is 18.2 Å². The van der Waals surface area contributed by atoms with Crippen molar-refractivity contribution in [3.8, 4) is 11.4 Å². The number of amides is 1. The van der Waals surface area contributed by atoms with Crippen LogP contribution in [0.15, 0.2) is 42.6 Å². The summed E-state index contributed by atoms with van der Waals surface area (Å²) in [6.07, 6.45) is 4.03. The molecule has 7 heteroatoms. The first-order chi connectivity index (χ1) is 12.6. The fourth-order valence-corrected chi connectivity index (χ4v) is 3.06. The first-order valence-corrected chi connectivity index (χ1v) is 8.68. The standard InChI is InChI=1S/C19H20N6O/c1-12-4-3-11-20-16(12)17(13-5-6-13)21-19(26)15-9-7-14(8-10-15)18-22-24-25(2)23-18/h3-4,7-11,13,17H,5-6H2,1-2H3,(H,21,26). The third kappa shape index (κ3) is 3.33. The molecule has 0 aliphatic heterocycles. The number of hydrogen-bond donors (Lipinski definition) is 1. The van der Waals surface area contributed by atoms with E-state index in [-0.39, 0.29) is 11.9 Å². The number of rotatable bonds is 5. The zero-order valence-electron chi connectivity index (χ0n) is 14.8. The van der Waals surface area contributed by atoms with Crippen LogP contribution in [0.25, 0.3) is 11.4 Å². The molecule has 4 rings (SSSR count). The Bertz CT molecular complexity index is 929. The van der Waals surface area contributed by atoms with Gasteiger partial charge in [0, 0.05) is 17.3 Å². The summed E-state index contributed by atoms with van der Waals surface area (Å²) in [5, 5.41) is 15.1. The van der Waals surface area contributed by atoms with E-state index in [1.165, 1.54) is 4.80 Å². The maximum atomic E-state index is 12.7. The highest BCUT2D eigenvalue weighted by Crippen LogP contribution is 2.41. The van der Waals surface area contributed by atoms with Gasteiger partial charge in [-0.15, -0.1) is 10.2 Å². The molecule has 1 aliphatic carbocycles. The normalized spacial score (nSPS) is 14.8. The largest absolute Gasteiger partial charge is 0.343 e. The lowest BCUT2D eigenvalue weighted by atomic mass is 10.0. The molecule has 1 aliphatic rings. The molecule has 132 valence electrons. The van der Waals surface area contributed by atoms with Crippen molar-refractivity contribution in [1.29, 1.82) is 0 Å². The van der Waals surface area contributed by atoms with Crippen LogP contribution in [-0.4, -0.2) is 31.1 Å². The maximum absolute atomic E-state index is 12.7. The molecule has 1 saturated carbocycles. The number of pyridine rings is 1. The van der Waals surface area contributed by atoms with Crippen LogP contribution in [0.3, 0.4) is 0 Å². The highest BCUT2D eigenvalue weighted by atomic mass is 16.1. The van der Waals surface area contributed by atoms with Gasteiger partial charge in [0.1, 0.15) is 0 Å². The minimum absolute atomic E-state index is 0.0370. The minimum Gasteiger partial charge on any atom is -0.343 e. The van der Waals surface area contributed by atoms with Crippen molar-refractivity contribution in [2.45, 2.75) is 25.8 Å². The third-order valence-corrected chi connectivity index (χ3v) is 4.64. The zero-order valence-corrected chi connectivity index (χ0v) is 14.8. The smallest absolute Gasteiger partial charge is 0.251 e. The minimum atomic E-state index is -0.0920. The van der Waals surface area contributed by atoms with Gasteiger partial charge in [-0.25, -0.2) is 0 Å². The third-order valence-electron chi connectivity index (χ3n) is 4.64. The van der Waals surface area contributed by atoms with Gasteiger partial charge >= 0.3 is 0 Å². The highest BCUT2D eigenvalue weighted by molar-refractivity contribution is 5.94. The Balaban J connectivity index is 1.52. The summed E-state index contributed by atoms with van der Waals surface area (Å²) in [6.45, 7) is 2.03. The van der Waals surface area contributed by atoms with Crippen LogP contribution >= 0.6 is 0 Å². The first kappa shape index (κ1) is 16.4. The monoisotopic (exact) mass is 348 g/mol. The molecular weight excluding hydrogens is 328 g/mol. The van der Waals surface area contributed by atoms with Gasteiger partial charge < -0.3 is 5.32 Å². The summed E-state index contributed by atoms with van der Waals surface area (Å²) in [7, 11) is 1.72. The SMILES string of the molecule is Cc1cccnc1C(NC(=O)c1ccc(-c2nnn(C)n2)cc1)C1CC1. The average molecular weight is 348 g/mol. The molecule has 2 heterocycles. The van der Waals surface area contributed by atoms with Crippen molar-refractivity contribution in [3.63, 3.8) is 0 Å². The molecule has 3 aromatic rings. The van der Waals surface area contributed by atoms with Crippen molar-refractivity contribution in [2.24, 2.45) is 13.0 Å². The number of tetrazole rings is 1. The summed E-state index contributed by atoms with van der Waals surface area (Å²) in [5.41, 5.74) is 3.50. The fraction of sp³-hybridized carbons (Fsp3) is 0.316. The summed E-state index contributed by atoms with van der Waals surface area (Å²) >= 11 is 0. The Hall–Kier alpha value is -3.09. The van der Waals surface area contributed by atoms with E-state index < -0.39 is 0 Å². The van der Waals surface area contributed by atoms with Gasteiger partial charge in [0.2, 0.25) is 5.82 Å². The van der Waals surface area contributed by atoms with Crippen LogP contribution < -0.4 is 5.32 Å². The predicted octanol–water partition coefficient (Wildman–Crippen LogP) is 2.46. The van der Waals surface area contributed by atoms with E-state index in [9.17, 15) is 4.79 Å². The molecule has 0 radical (unpaired) electrons. The topological polar surface area (TPSA) is 85.6 Å². The van der Waals surface area contributed by atoms with E-state index in [1.807, 2.05) is 31.2 Å². The van der Waals surface area contributed by atoms with Gasteiger partial charge in [-0.05, 0) is 54.7 Å². The molecule has 1 N–H and O–H groups in total. The fourth-order valence-electron chi connectivity index (χ4n) is 3.06. The number of aryl methyl sites for hydroxylation is 2. The molecule has 1 aromatic carbocycles. The molecule has 1 fully saturated rings. The molecule has 0 saturated heterocycles. The van der Waals surface area contributed by atoms with Crippen LogP contribution in [0.5, 0.6) is 0 Å². The van der Waals surface area contributed by atoms with Gasteiger partial charge in [0.05, 0.1) is 18.8 Å². The summed E-state index contributed by atoms with van der Waals surface area (Å²) in [4.78, 5) is 18.6. The second kappa shape index (κ2) is 6.67. The summed E-state index contributed by atoms with van der Waals surface area (Å²) in [6, 6.07) is 11.2. The molecule has 26 heavy (non-hydrogen) atoms. The van der Waals surface area contributed by atoms with Gasteiger partial charge in [-0.2, -0.15) is 4.80 Å². The summed E-state index contributed by atoms with van der Waals surface area (Å²) < 4.78 is 0. The highest BCUT2D eigenvalue weighted by Gasteiger charge is 2.35. The van der Waals surface area contributed by atoms with Crippen LogP contribution in [0.1, 0.15) is 40.5 Å². The van der Waals surface area contributed by atoms with E-state index >= 15 is 0 Å². The molecule has 0 spiro atoms. The van der Waals surface area contributed by atoms with Crippen molar-refractivity contribution >= 4 is 5.91 Å². The van der Waals surface area contributed by atoms with Gasteiger partial charge in [0.15, 0.2) is 0 Å². The number of benzene rings is 1. The quantitative estimate of drug-likeness (QED) is 0.765. The average Bonchev–Trinajstić information content (AvgIpc) is 3.41. The second-order valence-electron chi connectivity index (χ2n) is 6.67. The Morgan fingerprint density at radius 2 is 2.00 bits per heavy atom. The Labute approximate surface area is 151 Å². The van der Waals surface area contributed by atoms with Crippen LogP contribution in [0.2, 0.25) is 0 Å². The lowest BCUT2D eigenvalue weighted by Crippen LogP contribution is -2.31. The van der Waals surface area contributed by atoms with Gasteiger partial charge in [-0.3, -0.25) is 9.78 Å². The number of carbonyl (C=O) groups is 1. The number of nitrogens with one attached hydrogen (secondary N) is 1. The number of carbonyl (C=O) groups excluding carboxylic acids is 1. The molecule has 2 aromatic heterocycles.